The Hall–Kier alpha value is -3.23. The summed E-state index contributed by atoms with van der Waals surface area (Å²) in [4.78, 5) is 31.9. The molecule has 7 N–H and O–H groups in total. The molecule has 37 heavy (non-hydrogen) atoms. The molecule has 4 rings (SSSR count). The van der Waals surface area contributed by atoms with Crippen LogP contribution in [0.1, 0.15) is 29.5 Å². The Morgan fingerprint density at radius 1 is 1.30 bits per heavy atom. The molecule has 1 fully saturated rings. The SMILES string of the molecule is Cc1cc(C)c(S(=O)(=O)[C@@](N)(CNC(=O)C2=NOC3(CNC(CNC4=NCCN4)C3)C2)C(=O)O)c(C)c1. The number of carboxylic acids is 1. The zero-order valence-corrected chi connectivity index (χ0v) is 21.9. The molecule has 3 atom stereocenters. The minimum absolute atomic E-state index is 0.0464. The van der Waals surface area contributed by atoms with Crippen LogP contribution in [-0.2, 0) is 24.3 Å². The molecule has 1 aromatic carbocycles. The lowest BCUT2D eigenvalue weighted by molar-refractivity contribution is -0.139. The number of hydrogen-bond acceptors (Lipinski definition) is 11. The van der Waals surface area contributed by atoms with Gasteiger partial charge in [0, 0.05) is 38.5 Å². The lowest BCUT2D eigenvalue weighted by Crippen LogP contribution is -2.62. The van der Waals surface area contributed by atoms with E-state index in [4.69, 9.17) is 10.6 Å². The highest BCUT2D eigenvalue weighted by Gasteiger charge is 2.51. The maximum atomic E-state index is 13.4. The molecule has 1 saturated heterocycles. The Morgan fingerprint density at radius 3 is 2.62 bits per heavy atom. The number of sulfone groups is 1. The van der Waals surface area contributed by atoms with E-state index < -0.39 is 38.7 Å². The standard InChI is InChI=1S/C23H33N7O6S/c1-13-6-14(2)18(15(3)7-13)37(34,35)23(24,20(32)33)12-29-19(31)17-9-22(36-30-17)8-16(28-11-22)10-27-21-25-4-5-26-21/h6-7,16,28H,4-5,8-12,24H2,1-3H3,(H,29,31)(H,32,33)(H2,25,26,27)/t16?,22?,23-/m0/s1. The van der Waals surface area contributed by atoms with Crippen LogP contribution in [-0.4, -0.2) is 86.3 Å². The Labute approximate surface area is 215 Å². The largest absolute Gasteiger partial charge is 0.479 e. The summed E-state index contributed by atoms with van der Waals surface area (Å²) < 4.78 is 26.9. The number of benzene rings is 1. The van der Waals surface area contributed by atoms with Crippen LogP contribution in [0.4, 0.5) is 0 Å². The van der Waals surface area contributed by atoms with Crippen LogP contribution in [0.15, 0.2) is 27.2 Å². The number of carbonyl (C=O) groups excluding carboxylic acids is 1. The average molecular weight is 536 g/mol. The monoisotopic (exact) mass is 535 g/mol. The minimum atomic E-state index is -4.58. The number of aliphatic carboxylic acids is 1. The quantitative estimate of drug-likeness (QED) is 0.232. The predicted octanol–water partition coefficient (Wildman–Crippen LogP) is -1.33. The zero-order valence-electron chi connectivity index (χ0n) is 21.1. The van der Waals surface area contributed by atoms with Crippen molar-refractivity contribution >= 4 is 33.4 Å². The van der Waals surface area contributed by atoms with Gasteiger partial charge in [0.2, 0.25) is 14.7 Å². The van der Waals surface area contributed by atoms with E-state index in [9.17, 15) is 23.1 Å². The molecule has 1 aromatic rings. The number of carboxylic acid groups (broad SMARTS) is 1. The van der Waals surface area contributed by atoms with Crippen LogP contribution in [0.2, 0.25) is 0 Å². The van der Waals surface area contributed by atoms with E-state index >= 15 is 0 Å². The zero-order chi connectivity index (χ0) is 27.0. The Kier molecular flexibility index (Phi) is 7.18. The maximum Gasteiger partial charge on any atom is 0.341 e. The van der Waals surface area contributed by atoms with Gasteiger partial charge in [-0.05, 0) is 31.9 Å². The number of hydrogen-bond donors (Lipinski definition) is 6. The maximum absolute atomic E-state index is 13.4. The topological polar surface area (TPSA) is 197 Å². The molecule has 1 amide bonds. The van der Waals surface area contributed by atoms with Crippen LogP contribution < -0.4 is 27.0 Å². The highest BCUT2D eigenvalue weighted by atomic mass is 32.2. The van der Waals surface area contributed by atoms with Gasteiger partial charge < -0.3 is 36.9 Å². The van der Waals surface area contributed by atoms with Gasteiger partial charge in [-0.2, -0.15) is 0 Å². The summed E-state index contributed by atoms with van der Waals surface area (Å²) in [6.07, 6.45) is 0.777. The number of guanidine groups is 1. The van der Waals surface area contributed by atoms with E-state index in [1.54, 1.807) is 32.9 Å². The Balaban J connectivity index is 1.40. The van der Waals surface area contributed by atoms with Crippen molar-refractivity contribution in [2.24, 2.45) is 15.9 Å². The number of amides is 1. The van der Waals surface area contributed by atoms with Gasteiger partial charge in [0.1, 0.15) is 5.71 Å². The predicted molar refractivity (Wildman–Crippen MR) is 136 cm³/mol. The van der Waals surface area contributed by atoms with Crippen molar-refractivity contribution in [1.82, 2.24) is 21.3 Å². The van der Waals surface area contributed by atoms with Crippen molar-refractivity contribution in [1.29, 1.82) is 0 Å². The van der Waals surface area contributed by atoms with Crippen LogP contribution in [0.3, 0.4) is 0 Å². The molecule has 0 radical (unpaired) electrons. The van der Waals surface area contributed by atoms with E-state index in [-0.39, 0.29) is 23.1 Å². The lowest BCUT2D eigenvalue weighted by Gasteiger charge is -2.27. The Bertz CT molecular complexity index is 1260. The first-order chi connectivity index (χ1) is 17.4. The number of rotatable bonds is 8. The summed E-state index contributed by atoms with van der Waals surface area (Å²) >= 11 is 0. The first kappa shape index (κ1) is 26.8. The minimum Gasteiger partial charge on any atom is -0.479 e. The summed E-state index contributed by atoms with van der Waals surface area (Å²) in [7, 11) is -4.58. The summed E-state index contributed by atoms with van der Waals surface area (Å²) in [5.74, 6) is -1.75. The molecule has 13 nitrogen and oxygen atoms in total. The van der Waals surface area contributed by atoms with Crippen LogP contribution >= 0.6 is 0 Å². The highest BCUT2D eigenvalue weighted by molar-refractivity contribution is 7.93. The van der Waals surface area contributed by atoms with E-state index in [0.717, 1.165) is 24.6 Å². The van der Waals surface area contributed by atoms with Crippen molar-refractivity contribution in [2.75, 3.05) is 32.7 Å². The van der Waals surface area contributed by atoms with Crippen LogP contribution in [0.25, 0.3) is 0 Å². The van der Waals surface area contributed by atoms with Crippen LogP contribution in [0, 0.1) is 20.8 Å². The number of nitrogens with zero attached hydrogens (tertiary/aromatic N) is 2. The van der Waals surface area contributed by atoms with Crippen molar-refractivity contribution < 1.29 is 28.0 Å². The summed E-state index contributed by atoms with van der Waals surface area (Å²) in [5.41, 5.74) is 6.91. The van der Waals surface area contributed by atoms with E-state index in [2.05, 4.69) is 31.4 Å². The second-order valence-electron chi connectivity index (χ2n) is 9.92. The summed E-state index contributed by atoms with van der Waals surface area (Å²) in [5, 5.41) is 25.8. The smallest absolute Gasteiger partial charge is 0.341 e. The molecule has 0 saturated carbocycles. The number of oxime groups is 1. The molecule has 3 aliphatic rings. The molecule has 202 valence electrons. The van der Waals surface area contributed by atoms with Crippen LogP contribution in [0.5, 0.6) is 0 Å². The number of nitrogens with two attached hydrogens (primary N) is 1. The fourth-order valence-electron chi connectivity index (χ4n) is 5.02. The first-order valence-electron chi connectivity index (χ1n) is 12.0. The van der Waals surface area contributed by atoms with Gasteiger partial charge in [0.15, 0.2) is 11.6 Å². The van der Waals surface area contributed by atoms with E-state index in [0.29, 0.717) is 30.6 Å². The van der Waals surface area contributed by atoms with Gasteiger partial charge in [0.25, 0.3) is 5.91 Å². The number of aliphatic imine (C=N–C) groups is 1. The average Bonchev–Trinajstić information content (AvgIpc) is 3.57. The van der Waals surface area contributed by atoms with E-state index in [1.165, 1.54) is 0 Å². The second kappa shape index (κ2) is 9.91. The molecule has 3 heterocycles. The van der Waals surface area contributed by atoms with Crippen molar-refractivity contribution in [3.05, 3.63) is 28.8 Å². The van der Waals surface area contributed by atoms with Gasteiger partial charge in [0.05, 0.1) is 18.0 Å². The molecular weight excluding hydrogens is 502 g/mol. The molecule has 1 spiro atoms. The van der Waals surface area contributed by atoms with Crippen molar-refractivity contribution in [3.8, 4) is 0 Å². The third-order valence-corrected chi connectivity index (χ3v) is 9.31. The number of nitrogens with one attached hydrogen (secondary N) is 4. The second-order valence-corrected chi connectivity index (χ2v) is 12.1. The Morgan fingerprint density at radius 2 is 2.00 bits per heavy atom. The third-order valence-electron chi connectivity index (χ3n) is 6.85. The summed E-state index contributed by atoms with van der Waals surface area (Å²) in [6, 6.07) is 3.35. The summed E-state index contributed by atoms with van der Waals surface area (Å²) in [6.45, 7) is 6.73. The lowest BCUT2D eigenvalue weighted by atomic mass is 9.94. The molecule has 0 bridgehead atoms. The third kappa shape index (κ3) is 5.13. The van der Waals surface area contributed by atoms with Gasteiger partial charge in [-0.15, -0.1) is 0 Å². The highest BCUT2D eigenvalue weighted by Crippen LogP contribution is 2.33. The molecular formula is C23H33N7O6S. The molecule has 0 aliphatic carbocycles. The van der Waals surface area contributed by atoms with Gasteiger partial charge in [-0.1, -0.05) is 22.9 Å². The van der Waals surface area contributed by atoms with Crippen molar-refractivity contribution in [3.63, 3.8) is 0 Å². The van der Waals surface area contributed by atoms with Crippen molar-refractivity contribution in [2.45, 2.75) is 55.0 Å². The normalized spacial score (nSPS) is 24.6. The molecule has 2 unspecified atom stereocenters. The molecule has 14 heteroatoms. The van der Waals surface area contributed by atoms with Gasteiger partial charge >= 0.3 is 5.97 Å². The van der Waals surface area contributed by atoms with Gasteiger partial charge in [-0.25, -0.2) is 13.2 Å². The molecule has 3 aliphatic heterocycles. The van der Waals surface area contributed by atoms with E-state index in [1.807, 2.05) is 0 Å². The molecule has 0 aromatic heterocycles. The van der Waals surface area contributed by atoms with Gasteiger partial charge in [-0.3, -0.25) is 9.79 Å². The number of carbonyl (C=O) groups is 2. The first-order valence-corrected chi connectivity index (χ1v) is 13.5. The fraction of sp³-hybridized carbons (Fsp3) is 0.565. The number of aryl methyl sites for hydroxylation is 3. The fourth-order valence-corrected chi connectivity index (χ4v) is 6.85.